The normalized spacial score (nSPS) is 16.1. The number of thioether (sulfide) groups is 1. The second kappa shape index (κ2) is 8.09. The number of aryl methyl sites for hydroxylation is 1. The Morgan fingerprint density at radius 1 is 1.07 bits per heavy atom. The van der Waals surface area contributed by atoms with E-state index in [0.29, 0.717) is 11.4 Å². The summed E-state index contributed by atoms with van der Waals surface area (Å²) in [5, 5.41) is 2.56. The van der Waals surface area contributed by atoms with Crippen LogP contribution in [0.2, 0.25) is 0 Å². The fraction of sp³-hybridized carbons (Fsp3) is 0.130. The van der Waals surface area contributed by atoms with E-state index in [4.69, 9.17) is 0 Å². The van der Waals surface area contributed by atoms with Gasteiger partial charge in [-0.15, -0.1) is 11.8 Å². The number of halogens is 1. The second-order valence-electron chi connectivity index (χ2n) is 6.82. The molecule has 1 aliphatic heterocycles. The minimum absolute atomic E-state index is 0.00963. The first-order valence-electron chi connectivity index (χ1n) is 9.19. The maximum atomic E-state index is 13.9. The molecule has 29 heavy (non-hydrogen) atoms. The summed E-state index contributed by atoms with van der Waals surface area (Å²) < 4.78 is 13.9. The van der Waals surface area contributed by atoms with Crippen LogP contribution >= 0.6 is 11.8 Å². The van der Waals surface area contributed by atoms with Crippen LogP contribution < -0.4 is 10.2 Å². The molecule has 0 aromatic heterocycles. The highest BCUT2D eigenvalue weighted by Gasteiger charge is 2.34. The van der Waals surface area contributed by atoms with Gasteiger partial charge in [-0.05, 0) is 48.9 Å². The van der Waals surface area contributed by atoms with Crippen molar-refractivity contribution in [3.8, 4) is 0 Å². The average molecular weight is 406 g/mol. The number of hydrogen-bond donors (Lipinski definition) is 1. The van der Waals surface area contributed by atoms with E-state index in [-0.39, 0.29) is 16.8 Å². The van der Waals surface area contributed by atoms with E-state index < -0.39 is 11.7 Å². The van der Waals surface area contributed by atoms with Crippen molar-refractivity contribution < 1.29 is 14.0 Å². The Bertz CT molecular complexity index is 1070. The smallest absolute Gasteiger partial charge is 0.258 e. The monoisotopic (exact) mass is 406 g/mol. The number of hydrogen-bond acceptors (Lipinski definition) is 3. The van der Waals surface area contributed by atoms with Crippen LogP contribution in [0.5, 0.6) is 0 Å². The van der Waals surface area contributed by atoms with Crippen molar-refractivity contribution in [3.63, 3.8) is 0 Å². The van der Waals surface area contributed by atoms with Gasteiger partial charge in [-0.2, -0.15) is 0 Å². The standard InChI is InChI=1S/C23H19FN2O2S/c1-15-9-11-18(12-10-15)26-21(27)14-29-23(26)16-5-4-6-17(13-16)25-22(28)19-7-2-3-8-20(19)24/h2-13,23H,14H2,1H3,(H,25,28). The Hall–Kier alpha value is -3.12. The molecule has 2 amide bonds. The van der Waals surface area contributed by atoms with E-state index in [9.17, 15) is 14.0 Å². The van der Waals surface area contributed by atoms with Gasteiger partial charge in [-0.3, -0.25) is 14.5 Å². The Morgan fingerprint density at radius 3 is 2.59 bits per heavy atom. The highest BCUT2D eigenvalue weighted by atomic mass is 32.2. The summed E-state index contributed by atoms with van der Waals surface area (Å²) in [5.41, 5.74) is 3.41. The number of nitrogens with one attached hydrogen (secondary N) is 1. The largest absolute Gasteiger partial charge is 0.322 e. The number of carbonyl (C=O) groups is 2. The van der Waals surface area contributed by atoms with Crippen LogP contribution in [-0.4, -0.2) is 17.6 Å². The van der Waals surface area contributed by atoms with Gasteiger partial charge in [0.25, 0.3) is 5.91 Å². The third-order valence-electron chi connectivity index (χ3n) is 4.73. The molecule has 1 unspecified atom stereocenters. The van der Waals surface area contributed by atoms with Crippen LogP contribution in [0.3, 0.4) is 0 Å². The number of rotatable bonds is 4. The first-order valence-corrected chi connectivity index (χ1v) is 10.2. The third-order valence-corrected chi connectivity index (χ3v) is 5.94. The minimum Gasteiger partial charge on any atom is -0.322 e. The van der Waals surface area contributed by atoms with E-state index in [1.54, 1.807) is 34.9 Å². The van der Waals surface area contributed by atoms with Crippen molar-refractivity contribution in [3.05, 3.63) is 95.3 Å². The summed E-state index contributed by atoms with van der Waals surface area (Å²) >= 11 is 1.54. The zero-order valence-electron chi connectivity index (χ0n) is 15.8. The Labute approximate surface area is 172 Å². The Kier molecular flexibility index (Phi) is 5.36. The van der Waals surface area contributed by atoms with E-state index in [2.05, 4.69) is 5.32 Å². The van der Waals surface area contributed by atoms with Gasteiger partial charge >= 0.3 is 0 Å². The summed E-state index contributed by atoms with van der Waals surface area (Å²) in [6, 6.07) is 21.0. The fourth-order valence-corrected chi connectivity index (χ4v) is 4.44. The first-order chi connectivity index (χ1) is 14.0. The van der Waals surface area contributed by atoms with Crippen molar-refractivity contribution in [2.75, 3.05) is 16.0 Å². The zero-order valence-corrected chi connectivity index (χ0v) is 16.6. The molecule has 1 heterocycles. The van der Waals surface area contributed by atoms with E-state index in [0.717, 1.165) is 16.8 Å². The first kappa shape index (κ1) is 19.2. The lowest BCUT2D eigenvalue weighted by atomic mass is 10.1. The van der Waals surface area contributed by atoms with Gasteiger partial charge < -0.3 is 5.32 Å². The molecule has 1 aliphatic rings. The van der Waals surface area contributed by atoms with Crippen LogP contribution in [0.4, 0.5) is 15.8 Å². The van der Waals surface area contributed by atoms with Crippen LogP contribution in [0, 0.1) is 12.7 Å². The van der Waals surface area contributed by atoms with E-state index in [1.807, 2.05) is 49.4 Å². The lowest BCUT2D eigenvalue weighted by Crippen LogP contribution is -2.27. The SMILES string of the molecule is Cc1ccc(N2C(=O)CSC2c2cccc(NC(=O)c3ccccc3F)c2)cc1. The predicted molar refractivity (Wildman–Crippen MR) is 115 cm³/mol. The van der Waals surface area contributed by atoms with Crippen molar-refractivity contribution >= 4 is 35.0 Å². The molecule has 0 saturated carbocycles. The third kappa shape index (κ3) is 4.03. The van der Waals surface area contributed by atoms with Gasteiger partial charge in [-0.1, -0.05) is 42.0 Å². The number of anilines is 2. The van der Waals surface area contributed by atoms with Crippen molar-refractivity contribution in [1.29, 1.82) is 0 Å². The molecule has 4 rings (SSSR count). The Morgan fingerprint density at radius 2 is 1.83 bits per heavy atom. The van der Waals surface area contributed by atoms with Gasteiger partial charge in [0.2, 0.25) is 5.91 Å². The van der Waals surface area contributed by atoms with Crippen molar-refractivity contribution in [2.24, 2.45) is 0 Å². The molecule has 0 radical (unpaired) electrons. The highest BCUT2D eigenvalue weighted by molar-refractivity contribution is 8.00. The number of nitrogens with zero attached hydrogens (tertiary/aromatic N) is 1. The lowest BCUT2D eigenvalue weighted by molar-refractivity contribution is -0.115. The van der Waals surface area contributed by atoms with Crippen LogP contribution in [-0.2, 0) is 4.79 Å². The molecular formula is C23H19FN2O2S. The summed E-state index contributed by atoms with van der Waals surface area (Å²) in [5.74, 6) is -0.635. The van der Waals surface area contributed by atoms with E-state index >= 15 is 0 Å². The lowest BCUT2D eigenvalue weighted by Gasteiger charge is -2.25. The summed E-state index contributed by atoms with van der Waals surface area (Å²) in [4.78, 5) is 26.7. The molecule has 3 aromatic carbocycles. The van der Waals surface area contributed by atoms with Crippen molar-refractivity contribution in [1.82, 2.24) is 0 Å². The zero-order chi connectivity index (χ0) is 20.4. The average Bonchev–Trinajstić information content (AvgIpc) is 3.10. The molecule has 0 spiro atoms. The van der Waals surface area contributed by atoms with Gasteiger partial charge in [0.15, 0.2) is 0 Å². The van der Waals surface area contributed by atoms with Crippen LogP contribution in [0.15, 0.2) is 72.8 Å². The molecule has 1 N–H and O–H groups in total. The minimum atomic E-state index is -0.566. The quantitative estimate of drug-likeness (QED) is 0.651. The maximum Gasteiger partial charge on any atom is 0.258 e. The number of carbonyl (C=O) groups excluding carboxylic acids is 2. The number of amides is 2. The van der Waals surface area contributed by atoms with Crippen LogP contribution in [0.25, 0.3) is 0 Å². The molecule has 0 aliphatic carbocycles. The van der Waals surface area contributed by atoms with E-state index in [1.165, 1.54) is 12.1 Å². The Balaban J connectivity index is 1.59. The van der Waals surface area contributed by atoms with Crippen molar-refractivity contribution in [2.45, 2.75) is 12.3 Å². The highest BCUT2D eigenvalue weighted by Crippen LogP contribution is 2.42. The second-order valence-corrected chi connectivity index (χ2v) is 7.89. The molecule has 0 bridgehead atoms. The van der Waals surface area contributed by atoms with Gasteiger partial charge in [0, 0.05) is 11.4 Å². The van der Waals surface area contributed by atoms with Crippen LogP contribution in [0.1, 0.15) is 26.9 Å². The molecule has 6 heteroatoms. The molecule has 4 nitrogen and oxygen atoms in total. The molecule has 146 valence electrons. The van der Waals surface area contributed by atoms with Gasteiger partial charge in [-0.25, -0.2) is 4.39 Å². The molecular weight excluding hydrogens is 387 g/mol. The fourth-order valence-electron chi connectivity index (χ4n) is 3.27. The van der Waals surface area contributed by atoms with Gasteiger partial charge in [0.1, 0.15) is 11.2 Å². The summed E-state index contributed by atoms with van der Waals surface area (Å²) in [7, 11) is 0. The maximum absolute atomic E-state index is 13.9. The van der Waals surface area contributed by atoms with Gasteiger partial charge in [0.05, 0.1) is 11.3 Å². The molecule has 1 atom stereocenters. The number of benzene rings is 3. The molecule has 1 saturated heterocycles. The molecule has 3 aromatic rings. The molecule has 1 fully saturated rings. The predicted octanol–water partition coefficient (Wildman–Crippen LogP) is 5.17. The topological polar surface area (TPSA) is 49.4 Å². The summed E-state index contributed by atoms with van der Waals surface area (Å²) in [6.45, 7) is 2.00. The summed E-state index contributed by atoms with van der Waals surface area (Å²) in [6.07, 6.45) is 0.